The molecule has 0 heterocycles. The van der Waals surface area contributed by atoms with Crippen LogP contribution in [0.4, 0.5) is 0 Å². The number of carboxylic acid groups (broad SMARTS) is 2. The van der Waals surface area contributed by atoms with E-state index in [1.165, 1.54) is 0 Å². The van der Waals surface area contributed by atoms with Gasteiger partial charge in [0.05, 0.1) is 17.6 Å². The molecule has 132 valence electrons. The minimum atomic E-state index is -3.91. The summed E-state index contributed by atoms with van der Waals surface area (Å²) in [6.07, 6.45) is 3.93. The molecule has 0 aromatic carbocycles. The molecular formula is C14H28O7S. The van der Waals surface area contributed by atoms with Crippen molar-refractivity contribution in [1.29, 1.82) is 0 Å². The van der Waals surface area contributed by atoms with E-state index in [1.54, 1.807) is 0 Å². The molecule has 0 amide bonds. The van der Waals surface area contributed by atoms with Crippen LogP contribution >= 0.6 is 0 Å². The van der Waals surface area contributed by atoms with Crippen LogP contribution in [0, 0.1) is 0 Å². The quantitative estimate of drug-likeness (QED) is 0.412. The van der Waals surface area contributed by atoms with Crippen molar-refractivity contribution in [2.45, 2.75) is 76.9 Å². The van der Waals surface area contributed by atoms with Crippen LogP contribution in [0.1, 0.15) is 72.1 Å². The van der Waals surface area contributed by atoms with Crippen molar-refractivity contribution in [3.63, 3.8) is 0 Å². The Balaban J connectivity index is 0. The van der Waals surface area contributed by atoms with Gasteiger partial charge in [0.2, 0.25) is 0 Å². The van der Waals surface area contributed by atoms with Crippen LogP contribution in [0.5, 0.6) is 0 Å². The summed E-state index contributed by atoms with van der Waals surface area (Å²) in [5.74, 6) is -2.15. The van der Waals surface area contributed by atoms with Crippen molar-refractivity contribution in [3.05, 3.63) is 0 Å². The van der Waals surface area contributed by atoms with E-state index in [0.717, 1.165) is 19.3 Å². The van der Waals surface area contributed by atoms with Crippen LogP contribution in [-0.2, 0) is 19.7 Å². The summed E-state index contributed by atoms with van der Waals surface area (Å²) in [6, 6.07) is 0. The van der Waals surface area contributed by atoms with Crippen LogP contribution in [0.25, 0.3) is 0 Å². The van der Waals surface area contributed by atoms with E-state index in [-0.39, 0.29) is 12.8 Å². The van der Waals surface area contributed by atoms with Crippen LogP contribution < -0.4 is 0 Å². The van der Waals surface area contributed by atoms with Crippen LogP contribution in [-0.4, -0.2) is 39.9 Å². The summed E-state index contributed by atoms with van der Waals surface area (Å²) < 4.78 is 30.8. The van der Waals surface area contributed by atoms with Crippen molar-refractivity contribution in [2.75, 3.05) is 0 Å². The van der Waals surface area contributed by atoms with E-state index in [0.29, 0.717) is 19.3 Å². The second kappa shape index (κ2) is 11.4. The standard InChI is InChI=1S/C10H22O3S.C4H6O4/c1-4-7-8-9-10(5-2,6-3)14(11,12)13;5-3(6)1-2-4(7)8/h4-9H2,1-3H3,(H,11,12,13);1-2H2,(H,5,6)(H,7,8). The van der Waals surface area contributed by atoms with E-state index in [1.807, 2.05) is 13.8 Å². The third-order valence-electron chi connectivity index (χ3n) is 3.62. The number of carbonyl (C=O) groups is 2. The molecule has 0 bridgehead atoms. The normalized spacial score (nSPS) is 11.5. The maximum Gasteiger partial charge on any atom is 0.303 e. The third kappa shape index (κ3) is 9.73. The van der Waals surface area contributed by atoms with Gasteiger partial charge in [0.15, 0.2) is 0 Å². The van der Waals surface area contributed by atoms with E-state index >= 15 is 0 Å². The lowest BCUT2D eigenvalue weighted by molar-refractivity contribution is -0.143. The van der Waals surface area contributed by atoms with E-state index in [9.17, 15) is 22.6 Å². The molecule has 0 aromatic heterocycles. The molecule has 3 N–H and O–H groups in total. The van der Waals surface area contributed by atoms with Gasteiger partial charge < -0.3 is 10.2 Å². The number of unbranched alkanes of at least 4 members (excludes halogenated alkanes) is 2. The highest BCUT2D eigenvalue weighted by Gasteiger charge is 2.38. The average Bonchev–Trinajstić information content (AvgIpc) is 2.41. The summed E-state index contributed by atoms with van der Waals surface area (Å²) in [7, 11) is -3.91. The number of aliphatic carboxylic acids is 2. The Kier molecular flexibility index (Phi) is 12.0. The minimum Gasteiger partial charge on any atom is -0.481 e. The summed E-state index contributed by atoms with van der Waals surface area (Å²) in [6.45, 7) is 5.72. The maximum absolute atomic E-state index is 11.3. The van der Waals surface area contributed by atoms with Crippen molar-refractivity contribution in [3.8, 4) is 0 Å². The molecule has 0 aliphatic rings. The number of hydrogen-bond acceptors (Lipinski definition) is 4. The zero-order valence-electron chi connectivity index (χ0n) is 13.5. The zero-order chi connectivity index (χ0) is 17.8. The Morgan fingerprint density at radius 1 is 0.909 bits per heavy atom. The SMILES string of the molecule is CCCCCC(CC)(CC)S(=O)(=O)O.O=C(O)CCC(=O)O. The second-order valence-corrected chi connectivity index (χ2v) is 6.93. The zero-order valence-corrected chi connectivity index (χ0v) is 14.4. The van der Waals surface area contributed by atoms with Crippen LogP contribution in [0.15, 0.2) is 0 Å². The van der Waals surface area contributed by atoms with Gasteiger partial charge in [-0.1, -0.05) is 40.0 Å². The molecule has 0 saturated carbocycles. The van der Waals surface area contributed by atoms with Crippen molar-refractivity contribution in [2.24, 2.45) is 0 Å². The Morgan fingerprint density at radius 2 is 1.32 bits per heavy atom. The fraction of sp³-hybridized carbons (Fsp3) is 0.857. The van der Waals surface area contributed by atoms with E-state index < -0.39 is 26.8 Å². The molecule has 0 fully saturated rings. The number of carboxylic acids is 2. The minimum absolute atomic E-state index is 0.296. The third-order valence-corrected chi connectivity index (χ3v) is 5.50. The molecule has 0 spiro atoms. The summed E-state index contributed by atoms with van der Waals surface area (Å²) in [5.41, 5.74) is 0. The molecule has 0 aliphatic heterocycles. The van der Waals surface area contributed by atoms with Gasteiger partial charge >= 0.3 is 11.9 Å². The van der Waals surface area contributed by atoms with E-state index in [4.69, 9.17) is 10.2 Å². The number of rotatable bonds is 10. The first-order chi connectivity index (χ1) is 10.1. The molecule has 8 heteroatoms. The largest absolute Gasteiger partial charge is 0.481 e. The fourth-order valence-corrected chi connectivity index (χ4v) is 3.14. The van der Waals surface area contributed by atoms with Crippen molar-refractivity contribution in [1.82, 2.24) is 0 Å². The Bertz CT molecular complexity index is 410. The second-order valence-electron chi connectivity index (χ2n) is 5.11. The van der Waals surface area contributed by atoms with Gasteiger partial charge in [0.1, 0.15) is 0 Å². The smallest absolute Gasteiger partial charge is 0.303 e. The first kappa shape index (κ1) is 23.1. The van der Waals surface area contributed by atoms with Gasteiger partial charge in [-0.25, -0.2) is 0 Å². The molecule has 0 atom stereocenters. The summed E-state index contributed by atoms with van der Waals surface area (Å²) in [4.78, 5) is 19.3. The van der Waals surface area contributed by atoms with Crippen molar-refractivity contribution < 1.29 is 32.8 Å². The highest BCUT2D eigenvalue weighted by atomic mass is 32.2. The molecule has 22 heavy (non-hydrogen) atoms. The lowest BCUT2D eigenvalue weighted by Gasteiger charge is -2.27. The molecule has 0 saturated heterocycles. The highest BCUT2D eigenvalue weighted by Crippen LogP contribution is 2.31. The first-order valence-corrected chi connectivity index (χ1v) is 8.90. The predicted molar refractivity (Wildman–Crippen MR) is 83.5 cm³/mol. The monoisotopic (exact) mass is 340 g/mol. The van der Waals surface area contributed by atoms with E-state index in [2.05, 4.69) is 6.92 Å². The summed E-state index contributed by atoms with van der Waals surface area (Å²) in [5, 5.41) is 15.8. The Labute approximate surface area is 132 Å². The molecule has 0 aliphatic carbocycles. The van der Waals surface area contributed by atoms with Gasteiger partial charge in [-0.15, -0.1) is 0 Å². The molecule has 0 radical (unpaired) electrons. The van der Waals surface area contributed by atoms with Gasteiger partial charge in [-0.3, -0.25) is 14.1 Å². The number of hydrogen-bond donors (Lipinski definition) is 3. The Hall–Kier alpha value is -1.15. The Morgan fingerprint density at radius 3 is 1.55 bits per heavy atom. The molecule has 0 rings (SSSR count). The van der Waals surface area contributed by atoms with Crippen molar-refractivity contribution >= 4 is 22.1 Å². The molecular weight excluding hydrogens is 312 g/mol. The van der Waals surface area contributed by atoms with Gasteiger partial charge in [0, 0.05) is 0 Å². The van der Waals surface area contributed by atoms with Crippen LogP contribution in [0.2, 0.25) is 0 Å². The summed E-state index contributed by atoms with van der Waals surface area (Å²) >= 11 is 0. The van der Waals surface area contributed by atoms with Crippen LogP contribution in [0.3, 0.4) is 0 Å². The first-order valence-electron chi connectivity index (χ1n) is 7.46. The molecule has 0 aromatic rings. The average molecular weight is 340 g/mol. The maximum atomic E-state index is 11.3. The lowest BCUT2D eigenvalue weighted by Crippen LogP contribution is -2.37. The fourth-order valence-electron chi connectivity index (χ4n) is 2.01. The van der Waals surface area contributed by atoms with Gasteiger partial charge in [-0.2, -0.15) is 8.42 Å². The van der Waals surface area contributed by atoms with Gasteiger partial charge in [0.25, 0.3) is 10.1 Å². The molecule has 0 unspecified atom stereocenters. The topological polar surface area (TPSA) is 129 Å². The molecule has 7 nitrogen and oxygen atoms in total. The lowest BCUT2D eigenvalue weighted by atomic mass is 9.95. The highest BCUT2D eigenvalue weighted by molar-refractivity contribution is 7.87. The predicted octanol–water partition coefficient (Wildman–Crippen LogP) is 2.95. The van der Waals surface area contributed by atoms with Gasteiger partial charge in [-0.05, 0) is 19.3 Å².